The molecule has 0 saturated carbocycles. The van der Waals surface area contributed by atoms with Crippen LogP contribution >= 0.6 is 0 Å². The summed E-state index contributed by atoms with van der Waals surface area (Å²) in [6.45, 7) is 12.1. The predicted molar refractivity (Wildman–Crippen MR) is 62.1 cm³/mol. The maximum Gasteiger partial charge on any atom is 0.0845 e. The van der Waals surface area contributed by atoms with Gasteiger partial charge in [0.25, 0.3) is 0 Å². The molecule has 0 rings (SSSR count). The molecule has 1 atom stereocenters. The zero-order chi connectivity index (χ0) is 11.0. The monoisotopic (exact) mass is 195 g/mol. The van der Waals surface area contributed by atoms with E-state index in [0.29, 0.717) is 0 Å². The number of methoxy groups -OCH3 is 1. The zero-order valence-corrected chi connectivity index (χ0v) is 9.92. The number of allylic oxidation sites excluding steroid dienone is 1. The third-order valence-electron chi connectivity index (χ3n) is 3.00. The molecule has 14 heavy (non-hydrogen) atoms. The van der Waals surface area contributed by atoms with Crippen LogP contribution in [-0.4, -0.2) is 13.2 Å². The molecule has 0 aromatic carbocycles. The summed E-state index contributed by atoms with van der Waals surface area (Å²) < 4.78 is 5.41. The summed E-state index contributed by atoms with van der Waals surface area (Å²) in [7, 11) is 1.72. The Bertz CT molecular complexity index is 178. The first kappa shape index (κ1) is 13.4. The smallest absolute Gasteiger partial charge is 0.0845 e. The van der Waals surface area contributed by atoms with Crippen LogP contribution in [0.15, 0.2) is 18.2 Å². The Morgan fingerprint density at radius 2 is 1.86 bits per heavy atom. The Labute approximate surface area is 88.9 Å². The molecule has 1 unspecified atom stereocenters. The Balaban J connectivity index is 4.82. The molecule has 1 nitrogen and oxygen atoms in total. The van der Waals surface area contributed by atoms with E-state index < -0.39 is 0 Å². The molecule has 0 bridgehead atoms. The number of hydrogen-bond donors (Lipinski definition) is 0. The van der Waals surface area contributed by atoms with Gasteiger partial charge in [-0.05, 0) is 19.3 Å². The van der Waals surface area contributed by atoms with Crippen LogP contribution in [0.2, 0.25) is 0 Å². The van der Waals surface area contributed by atoms with Gasteiger partial charge in [0.2, 0.25) is 0 Å². The van der Waals surface area contributed by atoms with Gasteiger partial charge >= 0.3 is 0 Å². The highest BCUT2D eigenvalue weighted by Crippen LogP contribution is 2.34. The maximum absolute atomic E-state index is 5.61. The second-order valence-corrected chi connectivity index (χ2v) is 3.60. The average Bonchev–Trinajstić information content (AvgIpc) is 2.24. The highest BCUT2D eigenvalue weighted by atomic mass is 16.5. The summed E-state index contributed by atoms with van der Waals surface area (Å²) in [4.78, 5) is 0. The summed E-state index contributed by atoms with van der Waals surface area (Å²) in [6.07, 6.45) is 9.28. The van der Waals surface area contributed by atoms with Crippen molar-refractivity contribution in [2.45, 2.75) is 46.1 Å². The molecule has 0 aromatic heterocycles. The lowest BCUT2D eigenvalue weighted by molar-refractivity contribution is 0.0444. The molecule has 1 radical (unpaired) electrons. The molecule has 0 aliphatic rings. The lowest BCUT2D eigenvalue weighted by Crippen LogP contribution is -2.32. The van der Waals surface area contributed by atoms with E-state index in [9.17, 15) is 0 Å². The fraction of sp³-hybridized carbons (Fsp3) is 0.692. The van der Waals surface area contributed by atoms with Crippen LogP contribution in [0, 0.1) is 12.0 Å². The van der Waals surface area contributed by atoms with Crippen LogP contribution in [-0.2, 0) is 4.74 Å². The van der Waals surface area contributed by atoms with Gasteiger partial charge in [0.15, 0.2) is 0 Å². The fourth-order valence-corrected chi connectivity index (χ4v) is 1.84. The normalized spacial score (nSPS) is 14.6. The largest absolute Gasteiger partial charge is 0.376 e. The Morgan fingerprint density at radius 3 is 2.14 bits per heavy atom. The van der Waals surface area contributed by atoms with Gasteiger partial charge in [-0.2, -0.15) is 0 Å². The van der Waals surface area contributed by atoms with Gasteiger partial charge in [0, 0.05) is 12.5 Å². The van der Waals surface area contributed by atoms with Crippen molar-refractivity contribution < 1.29 is 4.74 Å². The van der Waals surface area contributed by atoms with Crippen molar-refractivity contribution in [2.75, 3.05) is 7.11 Å². The molecule has 0 saturated heterocycles. The molecule has 0 fully saturated rings. The van der Waals surface area contributed by atoms with Gasteiger partial charge in [-0.15, -0.1) is 0 Å². The highest BCUT2D eigenvalue weighted by Gasteiger charge is 2.31. The number of ether oxygens (including phenoxy) is 1. The van der Waals surface area contributed by atoms with Gasteiger partial charge in [0.05, 0.1) is 6.10 Å². The van der Waals surface area contributed by atoms with Crippen LogP contribution < -0.4 is 0 Å². The van der Waals surface area contributed by atoms with E-state index >= 15 is 0 Å². The summed E-state index contributed by atoms with van der Waals surface area (Å²) in [6, 6.07) is 0. The molecule has 0 N–H and O–H groups in total. The van der Waals surface area contributed by atoms with Crippen molar-refractivity contribution in [3.63, 3.8) is 0 Å². The number of rotatable bonds is 7. The second kappa shape index (κ2) is 6.83. The van der Waals surface area contributed by atoms with E-state index in [-0.39, 0.29) is 11.5 Å². The van der Waals surface area contributed by atoms with E-state index in [0.717, 1.165) is 19.3 Å². The quantitative estimate of drug-likeness (QED) is 0.562. The third-order valence-corrected chi connectivity index (χ3v) is 3.00. The molecule has 81 valence electrons. The molecule has 0 heterocycles. The molecule has 0 spiro atoms. The average molecular weight is 195 g/mol. The van der Waals surface area contributed by atoms with Crippen molar-refractivity contribution in [3.05, 3.63) is 24.8 Å². The lowest BCUT2D eigenvalue weighted by Gasteiger charge is -2.34. The molecular weight excluding hydrogens is 172 g/mol. The second-order valence-electron chi connectivity index (χ2n) is 3.60. The van der Waals surface area contributed by atoms with Crippen molar-refractivity contribution >= 4 is 0 Å². The van der Waals surface area contributed by atoms with Gasteiger partial charge in [-0.25, -0.2) is 0 Å². The maximum atomic E-state index is 5.61. The first-order chi connectivity index (χ1) is 6.70. The van der Waals surface area contributed by atoms with Crippen LogP contribution in [0.4, 0.5) is 0 Å². The Hall–Kier alpha value is -0.560. The SMILES string of the molecule is [CH]=CC(OC)C(/C=C\CC)(CC)CC. The first-order valence-electron chi connectivity index (χ1n) is 5.46. The Kier molecular flexibility index (Phi) is 6.56. The fourth-order valence-electron chi connectivity index (χ4n) is 1.84. The summed E-state index contributed by atoms with van der Waals surface area (Å²) in [5.41, 5.74) is 0.0690. The highest BCUT2D eigenvalue weighted by molar-refractivity contribution is 5.07. The van der Waals surface area contributed by atoms with Crippen LogP contribution in [0.5, 0.6) is 0 Å². The molecule has 0 aromatic rings. The van der Waals surface area contributed by atoms with Crippen molar-refractivity contribution in [1.29, 1.82) is 0 Å². The third kappa shape index (κ3) is 2.98. The molecule has 0 aliphatic carbocycles. The summed E-state index contributed by atoms with van der Waals surface area (Å²) >= 11 is 0. The molecule has 1 heteroatoms. The van der Waals surface area contributed by atoms with Gasteiger partial charge in [0.1, 0.15) is 0 Å². The lowest BCUT2D eigenvalue weighted by atomic mass is 9.76. The van der Waals surface area contributed by atoms with E-state index in [4.69, 9.17) is 11.3 Å². The summed E-state index contributed by atoms with van der Waals surface area (Å²) in [5, 5.41) is 0. The van der Waals surface area contributed by atoms with Crippen molar-refractivity contribution in [3.8, 4) is 0 Å². The minimum Gasteiger partial charge on any atom is -0.376 e. The number of hydrogen-bond acceptors (Lipinski definition) is 1. The summed E-state index contributed by atoms with van der Waals surface area (Å²) in [5.74, 6) is 0. The molecular formula is C13H23O. The Morgan fingerprint density at radius 1 is 1.29 bits per heavy atom. The standard InChI is InChI=1S/C13H23O/c1-6-10-11-13(8-3,9-4)12(7-2)14-5/h2,7,10-12H,6,8-9H2,1,3-5H3/b7-2?,11-10-. The predicted octanol–water partition coefficient (Wildman–Crippen LogP) is 3.76. The minimum absolute atomic E-state index is 0.0142. The minimum atomic E-state index is 0.0142. The van der Waals surface area contributed by atoms with Gasteiger partial charge in [-0.1, -0.05) is 45.6 Å². The first-order valence-corrected chi connectivity index (χ1v) is 5.46. The topological polar surface area (TPSA) is 9.23 Å². The van der Waals surface area contributed by atoms with Crippen LogP contribution in [0.25, 0.3) is 0 Å². The van der Waals surface area contributed by atoms with Crippen LogP contribution in [0.3, 0.4) is 0 Å². The van der Waals surface area contributed by atoms with E-state index in [1.165, 1.54) is 0 Å². The van der Waals surface area contributed by atoms with E-state index in [1.54, 1.807) is 13.2 Å². The van der Waals surface area contributed by atoms with Gasteiger partial charge in [-0.3, -0.25) is 0 Å². The van der Waals surface area contributed by atoms with Gasteiger partial charge < -0.3 is 4.74 Å². The van der Waals surface area contributed by atoms with Crippen LogP contribution in [0.1, 0.15) is 40.0 Å². The molecule has 0 aliphatic heterocycles. The van der Waals surface area contributed by atoms with Crippen molar-refractivity contribution in [1.82, 2.24) is 0 Å². The zero-order valence-electron chi connectivity index (χ0n) is 9.92. The van der Waals surface area contributed by atoms with E-state index in [2.05, 4.69) is 32.9 Å². The molecule has 0 amide bonds. The van der Waals surface area contributed by atoms with E-state index in [1.807, 2.05) is 0 Å². The van der Waals surface area contributed by atoms with Crippen molar-refractivity contribution in [2.24, 2.45) is 5.41 Å².